The summed E-state index contributed by atoms with van der Waals surface area (Å²) in [5.41, 5.74) is 2.29. The minimum atomic E-state index is -4.08. The maximum absolute atomic E-state index is 13.5. The van der Waals surface area contributed by atoms with Crippen LogP contribution < -0.4 is 10.0 Å². The highest BCUT2D eigenvalue weighted by molar-refractivity contribution is 7.92. The molecule has 0 unspecified atom stereocenters. The first-order valence-corrected chi connectivity index (χ1v) is 13.2. The Morgan fingerprint density at radius 3 is 2.27 bits per heavy atom. The van der Waals surface area contributed by atoms with E-state index in [1.165, 1.54) is 19.2 Å². The molecule has 2 heterocycles. The van der Waals surface area contributed by atoms with Gasteiger partial charge < -0.3 is 10.1 Å². The molecule has 0 saturated heterocycles. The van der Waals surface area contributed by atoms with Crippen LogP contribution in [-0.2, 0) is 14.8 Å². The fourth-order valence-corrected chi connectivity index (χ4v) is 5.15. The molecule has 1 amide bonds. The Morgan fingerprint density at radius 1 is 0.946 bits per heavy atom. The Labute approximate surface area is 218 Å². The van der Waals surface area contributed by atoms with E-state index in [0.29, 0.717) is 27.4 Å². The Bertz CT molecular complexity index is 1700. The summed E-state index contributed by atoms with van der Waals surface area (Å²) in [7, 11) is -2.56. The summed E-state index contributed by atoms with van der Waals surface area (Å²) in [5, 5.41) is 3.28. The van der Waals surface area contributed by atoms with Crippen LogP contribution in [0.3, 0.4) is 0 Å². The number of aromatic nitrogens is 3. The molecule has 2 aromatic heterocycles. The standard InChI is InChI=1S/C26H22ClN5O4S/c1-36-16-15-28-26(33)22-23-25(30-21-10-6-5-9-20(21)29-23)32(18-13-11-17(27)12-14-18)24(22)31-37(34,35)19-7-3-2-4-8-19/h2-14,31H,15-16H2,1H3,(H,28,33). The highest BCUT2D eigenvalue weighted by Crippen LogP contribution is 2.34. The normalized spacial score (nSPS) is 11.6. The first-order valence-electron chi connectivity index (χ1n) is 11.3. The maximum Gasteiger partial charge on any atom is 0.263 e. The van der Waals surface area contributed by atoms with Crippen LogP contribution in [0.1, 0.15) is 10.4 Å². The van der Waals surface area contributed by atoms with E-state index >= 15 is 0 Å². The van der Waals surface area contributed by atoms with Crippen molar-refractivity contribution in [3.63, 3.8) is 0 Å². The molecule has 0 spiro atoms. The molecule has 2 N–H and O–H groups in total. The number of ether oxygens (including phenoxy) is 1. The van der Waals surface area contributed by atoms with Crippen molar-refractivity contribution in [1.29, 1.82) is 0 Å². The van der Waals surface area contributed by atoms with Crippen molar-refractivity contribution in [3.05, 3.63) is 89.4 Å². The van der Waals surface area contributed by atoms with Crippen LogP contribution in [0.15, 0.2) is 83.8 Å². The van der Waals surface area contributed by atoms with Crippen LogP contribution in [0.2, 0.25) is 5.02 Å². The summed E-state index contributed by atoms with van der Waals surface area (Å²) in [4.78, 5) is 23.0. The van der Waals surface area contributed by atoms with Crippen LogP contribution in [0.25, 0.3) is 27.9 Å². The van der Waals surface area contributed by atoms with E-state index < -0.39 is 15.9 Å². The number of benzene rings is 3. The molecule has 37 heavy (non-hydrogen) atoms. The Hall–Kier alpha value is -3.99. The van der Waals surface area contributed by atoms with Gasteiger partial charge in [-0.05, 0) is 48.5 Å². The van der Waals surface area contributed by atoms with Crippen LogP contribution in [-0.4, -0.2) is 49.1 Å². The van der Waals surface area contributed by atoms with Gasteiger partial charge in [0.25, 0.3) is 15.9 Å². The molecule has 0 aliphatic heterocycles. The number of hydrogen-bond donors (Lipinski definition) is 2. The molecular formula is C26H22ClN5O4S. The number of para-hydroxylation sites is 2. The van der Waals surface area contributed by atoms with Crippen LogP contribution in [0, 0.1) is 0 Å². The lowest BCUT2D eigenvalue weighted by Gasteiger charge is -2.14. The third kappa shape index (κ3) is 4.86. The van der Waals surface area contributed by atoms with Crippen molar-refractivity contribution in [1.82, 2.24) is 19.9 Å². The highest BCUT2D eigenvalue weighted by Gasteiger charge is 2.29. The number of fused-ring (bicyclic) bond motifs is 2. The van der Waals surface area contributed by atoms with E-state index in [1.807, 2.05) is 12.1 Å². The number of rotatable bonds is 8. The summed E-state index contributed by atoms with van der Waals surface area (Å²) in [6.45, 7) is 0.496. The summed E-state index contributed by atoms with van der Waals surface area (Å²) >= 11 is 6.12. The number of carbonyl (C=O) groups is 1. The molecule has 0 saturated carbocycles. The second-order valence-electron chi connectivity index (χ2n) is 8.09. The Kier molecular flexibility index (Phi) is 6.79. The third-order valence-electron chi connectivity index (χ3n) is 5.65. The van der Waals surface area contributed by atoms with Gasteiger partial charge in [-0.15, -0.1) is 0 Å². The van der Waals surface area contributed by atoms with Crippen molar-refractivity contribution in [2.75, 3.05) is 25.0 Å². The van der Waals surface area contributed by atoms with E-state index in [0.717, 1.165) is 0 Å². The lowest BCUT2D eigenvalue weighted by molar-refractivity contribution is 0.0939. The summed E-state index contributed by atoms with van der Waals surface area (Å²) in [6.07, 6.45) is 0. The fraction of sp³-hybridized carbons (Fsp3) is 0.115. The van der Waals surface area contributed by atoms with Crippen LogP contribution in [0.4, 0.5) is 5.82 Å². The number of nitrogens with one attached hydrogen (secondary N) is 2. The van der Waals surface area contributed by atoms with Gasteiger partial charge in [0.2, 0.25) is 0 Å². The number of hydrogen-bond acceptors (Lipinski definition) is 6. The van der Waals surface area contributed by atoms with Crippen molar-refractivity contribution in [2.45, 2.75) is 4.90 Å². The van der Waals surface area contributed by atoms with E-state index in [4.69, 9.17) is 26.3 Å². The number of amides is 1. The molecule has 0 bridgehead atoms. The van der Waals surface area contributed by atoms with Gasteiger partial charge in [0.1, 0.15) is 16.9 Å². The average Bonchev–Trinajstić information content (AvgIpc) is 3.20. The largest absolute Gasteiger partial charge is 0.383 e. The van der Waals surface area contributed by atoms with E-state index in [1.54, 1.807) is 59.2 Å². The smallest absolute Gasteiger partial charge is 0.263 e. The first-order chi connectivity index (χ1) is 17.9. The van der Waals surface area contributed by atoms with E-state index in [-0.39, 0.29) is 34.9 Å². The summed E-state index contributed by atoms with van der Waals surface area (Å²) in [6, 6.07) is 21.9. The average molecular weight is 536 g/mol. The second kappa shape index (κ2) is 10.2. The Morgan fingerprint density at radius 2 is 1.59 bits per heavy atom. The molecule has 3 aromatic carbocycles. The minimum Gasteiger partial charge on any atom is -0.383 e. The van der Waals surface area contributed by atoms with Gasteiger partial charge in [-0.1, -0.05) is 41.9 Å². The fourth-order valence-electron chi connectivity index (χ4n) is 3.94. The molecule has 0 radical (unpaired) electrons. The molecule has 0 atom stereocenters. The molecule has 0 aliphatic rings. The third-order valence-corrected chi connectivity index (χ3v) is 7.26. The van der Waals surface area contributed by atoms with E-state index in [9.17, 15) is 13.2 Å². The molecular weight excluding hydrogens is 514 g/mol. The maximum atomic E-state index is 13.5. The summed E-state index contributed by atoms with van der Waals surface area (Å²) in [5.74, 6) is -0.517. The van der Waals surface area contributed by atoms with Crippen LogP contribution in [0.5, 0.6) is 0 Å². The van der Waals surface area contributed by atoms with Gasteiger partial charge in [-0.25, -0.2) is 18.4 Å². The van der Waals surface area contributed by atoms with Crippen molar-refractivity contribution >= 4 is 55.5 Å². The monoisotopic (exact) mass is 535 g/mol. The zero-order chi connectivity index (χ0) is 26.0. The zero-order valence-corrected chi connectivity index (χ0v) is 21.3. The van der Waals surface area contributed by atoms with Gasteiger partial charge >= 0.3 is 0 Å². The molecule has 0 aliphatic carbocycles. The number of carbonyl (C=O) groups excluding carboxylic acids is 1. The van der Waals surface area contributed by atoms with Gasteiger partial charge in [0, 0.05) is 24.4 Å². The van der Waals surface area contributed by atoms with Crippen molar-refractivity contribution in [2.24, 2.45) is 0 Å². The molecule has 0 fully saturated rings. The predicted molar refractivity (Wildman–Crippen MR) is 143 cm³/mol. The second-order valence-corrected chi connectivity index (χ2v) is 10.2. The molecule has 188 valence electrons. The SMILES string of the molecule is COCCNC(=O)c1c(NS(=O)(=O)c2ccccc2)n(-c2ccc(Cl)cc2)c2nc3ccccc3nc12. The van der Waals surface area contributed by atoms with E-state index in [2.05, 4.69) is 10.0 Å². The quantitative estimate of drug-likeness (QED) is 0.284. The number of nitrogens with zero attached hydrogens (tertiary/aromatic N) is 3. The van der Waals surface area contributed by atoms with Crippen molar-refractivity contribution in [3.8, 4) is 5.69 Å². The molecule has 5 aromatic rings. The highest BCUT2D eigenvalue weighted by atomic mass is 35.5. The first kappa shape index (κ1) is 24.7. The minimum absolute atomic E-state index is 0.00592. The number of anilines is 1. The number of methoxy groups -OCH3 is 1. The Balaban J connectivity index is 1.82. The zero-order valence-electron chi connectivity index (χ0n) is 19.7. The topological polar surface area (TPSA) is 115 Å². The van der Waals surface area contributed by atoms with Gasteiger partial charge in [0.15, 0.2) is 5.65 Å². The predicted octanol–water partition coefficient (Wildman–Crippen LogP) is 4.40. The van der Waals surface area contributed by atoms with Gasteiger partial charge in [-0.2, -0.15) is 0 Å². The molecule has 9 nitrogen and oxygen atoms in total. The number of halogens is 1. The molecule has 5 rings (SSSR count). The number of sulfonamides is 1. The lowest BCUT2D eigenvalue weighted by Crippen LogP contribution is -2.28. The van der Waals surface area contributed by atoms with Gasteiger partial charge in [0.05, 0.1) is 22.5 Å². The van der Waals surface area contributed by atoms with Gasteiger partial charge in [-0.3, -0.25) is 14.1 Å². The molecule has 11 heteroatoms. The van der Waals surface area contributed by atoms with Crippen LogP contribution >= 0.6 is 11.6 Å². The lowest BCUT2D eigenvalue weighted by atomic mass is 10.2. The summed E-state index contributed by atoms with van der Waals surface area (Å²) < 4.78 is 36.1. The van der Waals surface area contributed by atoms with Crippen molar-refractivity contribution < 1.29 is 17.9 Å².